The largest absolute Gasteiger partial charge is 0.328 e. The number of likely N-dealkylation sites (tertiary alicyclic amines) is 1. The van der Waals surface area contributed by atoms with Crippen LogP contribution in [0.1, 0.15) is 18.4 Å². The fourth-order valence-electron chi connectivity index (χ4n) is 2.39. The van der Waals surface area contributed by atoms with Crippen molar-refractivity contribution in [2.45, 2.75) is 18.4 Å². The number of hydrogen-bond acceptors (Lipinski definition) is 3. The zero-order valence-electron chi connectivity index (χ0n) is 8.61. The molecule has 0 amide bonds. The molecule has 1 aliphatic heterocycles. The molecule has 0 radical (unpaired) electrons. The molecular formula is C11H17N3. The van der Waals surface area contributed by atoms with Gasteiger partial charge in [0.25, 0.3) is 0 Å². The van der Waals surface area contributed by atoms with Gasteiger partial charge in [0.05, 0.1) is 5.54 Å². The molecule has 1 aromatic heterocycles. The van der Waals surface area contributed by atoms with Crippen molar-refractivity contribution in [2.24, 2.45) is 5.73 Å². The fraction of sp³-hybridized carbons (Fsp3) is 0.545. The lowest BCUT2D eigenvalue weighted by molar-refractivity contribution is 0.182. The molecule has 1 aliphatic rings. The highest BCUT2D eigenvalue weighted by Gasteiger charge is 2.38. The second-order valence-corrected chi connectivity index (χ2v) is 4.00. The van der Waals surface area contributed by atoms with E-state index in [1.807, 2.05) is 18.5 Å². The van der Waals surface area contributed by atoms with Crippen molar-refractivity contribution in [3.05, 3.63) is 30.1 Å². The van der Waals surface area contributed by atoms with E-state index < -0.39 is 0 Å². The molecule has 14 heavy (non-hydrogen) atoms. The Morgan fingerprint density at radius 3 is 3.00 bits per heavy atom. The van der Waals surface area contributed by atoms with Crippen LogP contribution >= 0.6 is 0 Å². The first-order valence-corrected chi connectivity index (χ1v) is 5.11. The highest BCUT2D eigenvalue weighted by Crippen LogP contribution is 2.36. The van der Waals surface area contributed by atoms with Crippen LogP contribution in [-0.2, 0) is 5.54 Å². The lowest BCUT2D eigenvalue weighted by Gasteiger charge is -2.35. The van der Waals surface area contributed by atoms with Crippen LogP contribution in [0.4, 0.5) is 0 Å². The predicted molar refractivity (Wildman–Crippen MR) is 56.8 cm³/mol. The van der Waals surface area contributed by atoms with E-state index in [0.717, 1.165) is 13.0 Å². The number of hydrogen-bond donors (Lipinski definition) is 1. The van der Waals surface area contributed by atoms with Gasteiger partial charge in [0.2, 0.25) is 0 Å². The second kappa shape index (κ2) is 3.67. The van der Waals surface area contributed by atoms with Crippen molar-refractivity contribution in [3.8, 4) is 0 Å². The van der Waals surface area contributed by atoms with Gasteiger partial charge in [-0.1, -0.05) is 6.07 Å². The third-order valence-corrected chi connectivity index (χ3v) is 3.35. The fourth-order valence-corrected chi connectivity index (χ4v) is 2.39. The molecule has 1 aromatic rings. The lowest BCUT2D eigenvalue weighted by Crippen LogP contribution is -2.44. The van der Waals surface area contributed by atoms with Gasteiger partial charge in [-0.05, 0) is 38.1 Å². The maximum Gasteiger partial charge on any atom is 0.0596 e. The monoisotopic (exact) mass is 191 g/mol. The number of nitrogens with two attached hydrogens (primary N) is 1. The molecule has 2 N–H and O–H groups in total. The second-order valence-electron chi connectivity index (χ2n) is 4.00. The molecule has 1 fully saturated rings. The summed E-state index contributed by atoms with van der Waals surface area (Å²) in [6.07, 6.45) is 6.12. The molecule has 76 valence electrons. The molecular weight excluding hydrogens is 174 g/mol. The smallest absolute Gasteiger partial charge is 0.0596 e. The first-order chi connectivity index (χ1) is 6.79. The molecule has 1 atom stereocenters. The number of likely N-dealkylation sites (N-methyl/N-ethyl adjacent to an activating group) is 1. The van der Waals surface area contributed by atoms with Crippen LogP contribution in [0.25, 0.3) is 0 Å². The number of rotatable bonds is 2. The van der Waals surface area contributed by atoms with Crippen LogP contribution < -0.4 is 5.73 Å². The van der Waals surface area contributed by atoms with E-state index in [1.54, 1.807) is 0 Å². The summed E-state index contributed by atoms with van der Waals surface area (Å²) >= 11 is 0. The van der Waals surface area contributed by atoms with Crippen LogP contribution in [0.2, 0.25) is 0 Å². The van der Waals surface area contributed by atoms with Crippen molar-refractivity contribution in [1.29, 1.82) is 0 Å². The molecule has 2 heterocycles. The van der Waals surface area contributed by atoms with Gasteiger partial charge in [-0.25, -0.2) is 0 Å². The summed E-state index contributed by atoms with van der Waals surface area (Å²) in [5.41, 5.74) is 7.21. The Kier molecular flexibility index (Phi) is 2.52. The highest BCUT2D eigenvalue weighted by molar-refractivity contribution is 5.23. The van der Waals surface area contributed by atoms with Gasteiger partial charge in [-0.2, -0.15) is 0 Å². The van der Waals surface area contributed by atoms with Crippen molar-refractivity contribution >= 4 is 0 Å². The number of aromatic nitrogens is 1. The maximum atomic E-state index is 5.92. The number of pyridine rings is 1. The van der Waals surface area contributed by atoms with Crippen LogP contribution in [-0.4, -0.2) is 30.0 Å². The van der Waals surface area contributed by atoms with Gasteiger partial charge in [0.1, 0.15) is 0 Å². The minimum atomic E-state index is 0.0360. The van der Waals surface area contributed by atoms with Crippen LogP contribution in [0, 0.1) is 0 Å². The van der Waals surface area contributed by atoms with Crippen LogP contribution in [0.5, 0.6) is 0 Å². The molecule has 0 unspecified atom stereocenters. The van der Waals surface area contributed by atoms with Gasteiger partial charge in [0.15, 0.2) is 0 Å². The van der Waals surface area contributed by atoms with Crippen LogP contribution in [0.3, 0.4) is 0 Å². The van der Waals surface area contributed by atoms with Gasteiger partial charge in [0, 0.05) is 18.9 Å². The van der Waals surface area contributed by atoms with Crippen molar-refractivity contribution < 1.29 is 0 Å². The molecule has 0 spiro atoms. The summed E-state index contributed by atoms with van der Waals surface area (Å²) in [6.45, 7) is 1.81. The summed E-state index contributed by atoms with van der Waals surface area (Å²) in [7, 11) is 2.15. The van der Waals surface area contributed by atoms with E-state index >= 15 is 0 Å². The minimum absolute atomic E-state index is 0.0360. The van der Waals surface area contributed by atoms with Gasteiger partial charge in [-0.3, -0.25) is 9.88 Å². The normalized spacial score (nSPS) is 28.1. The summed E-state index contributed by atoms with van der Waals surface area (Å²) in [5.74, 6) is 0. The molecule has 3 heteroatoms. The van der Waals surface area contributed by atoms with E-state index in [2.05, 4.69) is 23.0 Å². The lowest BCUT2D eigenvalue weighted by atomic mass is 9.89. The summed E-state index contributed by atoms with van der Waals surface area (Å²) in [4.78, 5) is 6.53. The third-order valence-electron chi connectivity index (χ3n) is 3.35. The van der Waals surface area contributed by atoms with Crippen molar-refractivity contribution in [3.63, 3.8) is 0 Å². The molecule has 0 bridgehead atoms. The molecule has 0 aliphatic carbocycles. The first kappa shape index (κ1) is 9.62. The summed E-state index contributed by atoms with van der Waals surface area (Å²) < 4.78 is 0. The Morgan fingerprint density at radius 2 is 2.50 bits per heavy atom. The zero-order chi connectivity index (χ0) is 10.0. The average Bonchev–Trinajstić information content (AvgIpc) is 2.62. The van der Waals surface area contributed by atoms with E-state index in [0.29, 0.717) is 6.54 Å². The molecule has 0 aromatic carbocycles. The standard InChI is InChI=1S/C11H17N3/c1-14-7-3-5-11(14,9-12)10-4-2-6-13-8-10/h2,4,6,8H,3,5,7,9,12H2,1H3/t11-/m1/s1. The van der Waals surface area contributed by atoms with E-state index in [4.69, 9.17) is 5.73 Å². The topological polar surface area (TPSA) is 42.1 Å². The Morgan fingerprint density at radius 1 is 1.64 bits per heavy atom. The molecule has 1 saturated heterocycles. The minimum Gasteiger partial charge on any atom is -0.328 e. The molecule has 2 rings (SSSR count). The third kappa shape index (κ3) is 1.33. The molecule has 3 nitrogen and oxygen atoms in total. The number of nitrogens with zero attached hydrogens (tertiary/aromatic N) is 2. The predicted octanol–water partition coefficient (Wildman–Crippen LogP) is 0.961. The molecule has 0 saturated carbocycles. The quantitative estimate of drug-likeness (QED) is 0.757. The SMILES string of the molecule is CN1CCC[C@@]1(CN)c1cccnc1. The van der Waals surface area contributed by atoms with Gasteiger partial charge >= 0.3 is 0 Å². The van der Waals surface area contributed by atoms with Gasteiger partial charge in [-0.15, -0.1) is 0 Å². The first-order valence-electron chi connectivity index (χ1n) is 5.11. The Labute approximate surface area is 84.9 Å². The van der Waals surface area contributed by atoms with Crippen molar-refractivity contribution in [1.82, 2.24) is 9.88 Å². The maximum absolute atomic E-state index is 5.92. The van der Waals surface area contributed by atoms with Gasteiger partial charge < -0.3 is 5.73 Å². The zero-order valence-corrected chi connectivity index (χ0v) is 8.61. The summed E-state index contributed by atoms with van der Waals surface area (Å²) in [6, 6.07) is 4.11. The Bertz CT molecular complexity index is 299. The van der Waals surface area contributed by atoms with Crippen molar-refractivity contribution in [2.75, 3.05) is 20.1 Å². The van der Waals surface area contributed by atoms with E-state index in [1.165, 1.54) is 12.0 Å². The van der Waals surface area contributed by atoms with Crippen LogP contribution in [0.15, 0.2) is 24.5 Å². The average molecular weight is 191 g/mol. The van der Waals surface area contributed by atoms with E-state index in [-0.39, 0.29) is 5.54 Å². The van der Waals surface area contributed by atoms with E-state index in [9.17, 15) is 0 Å². The highest BCUT2D eigenvalue weighted by atomic mass is 15.2. The Hall–Kier alpha value is -0.930. The Balaban J connectivity index is 2.38. The summed E-state index contributed by atoms with van der Waals surface area (Å²) in [5, 5.41) is 0.